The van der Waals surface area contributed by atoms with Gasteiger partial charge in [-0.05, 0) is 116 Å². The number of quaternary nitrogens is 1. The van der Waals surface area contributed by atoms with Crippen molar-refractivity contribution in [2.45, 2.75) is 140 Å². The third-order valence-corrected chi connectivity index (χ3v) is 20.3. The molecule has 602 valence electrons. The van der Waals surface area contributed by atoms with Crippen molar-refractivity contribution < 1.29 is 94.4 Å². The Bertz CT molecular complexity index is 4610. The van der Waals surface area contributed by atoms with E-state index in [1.807, 2.05) is 59.3 Å². The highest BCUT2D eigenvalue weighted by Crippen LogP contribution is 2.43. The Morgan fingerprint density at radius 3 is 2.05 bits per heavy atom. The lowest BCUT2D eigenvalue weighted by Crippen LogP contribution is -2.57. The number of anilines is 4. The van der Waals surface area contributed by atoms with Gasteiger partial charge in [-0.25, -0.2) is 37.4 Å². The number of nitrogens with one attached hydrogen (secondary N) is 9. The second-order valence-electron chi connectivity index (χ2n) is 28.5. The van der Waals surface area contributed by atoms with E-state index in [1.165, 1.54) is 77.7 Å². The summed E-state index contributed by atoms with van der Waals surface area (Å²) in [7, 11) is 1.78. The number of urea groups is 3. The lowest BCUT2D eigenvalue weighted by Gasteiger charge is -2.37. The smallest absolute Gasteiger partial charge is 0.355 e. The van der Waals surface area contributed by atoms with Crippen LogP contribution in [0.4, 0.5) is 37.1 Å². The van der Waals surface area contributed by atoms with Gasteiger partial charge in [0.15, 0.2) is 0 Å². The summed E-state index contributed by atoms with van der Waals surface area (Å²) >= 11 is 0. The number of carboxylic acid groups (broad SMARTS) is 1. The van der Waals surface area contributed by atoms with Crippen molar-refractivity contribution in [3.8, 4) is 11.4 Å². The Hall–Kier alpha value is -11.1. The van der Waals surface area contributed by atoms with E-state index in [4.69, 9.17) is 33.4 Å². The van der Waals surface area contributed by atoms with E-state index in [-0.39, 0.29) is 125 Å². The number of pyridine rings is 2. The maximum Gasteiger partial charge on any atom is 0.355 e. The highest BCUT2D eigenvalue weighted by Gasteiger charge is 2.52. The highest BCUT2D eigenvalue weighted by atomic mass is 32.2. The van der Waals surface area contributed by atoms with E-state index in [0.717, 1.165) is 22.0 Å². The molecular weight excluding hydrogens is 1470 g/mol. The summed E-state index contributed by atoms with van der Waals surface area (Å²) < 4.78 is 65.6. The number of carbonyl (C=O) groups is 10. The van der Waals surface area contributed by atoms with E-state index in [0.29, 0.717) is 66.0 Å². The summed E-state index contributed by atoms with van der Waals surface area (Å²) in [5, 5.41) is 31.9. The van der Waals surface area contributed by atoms with E-state index in [9.17, 15) is 66.3 Å². The van der Waals surface area contributed by atoms with Crippen molar-refractivity contribution in [3.05, 3.63) is 141 Å². The van der Waals surface area contributed by atoms with Crippen LogP contribution in [0.2, 0.25) is 0 Å². The molecule has 0 radical (unpaired) electrons. The molecule has 0 bridgehead atoms. The van der Waals surface area contributed by atoms with Gasteiger partial charge in [0.2, 0.25) is 23.3 Å². The molecule has 9 amide bonds. The maximum atomic E-state index is 14.6. The number of aryl methyl sites for hydroxylation is 1. The highest BCUT2D eigenvalue weighted by molar-refractivity contribution is 7.92. The molecule has 34 heteroatoms. The molecule has 4 aromatic carbocycles. The van der Waals surface area contributed by atoms with Crippen LogP contribution in [0.1, 0.15) is 120 Å². The number of sulfonamides is 1. The molecular formula is C78H100N13O20S+. The number of cyclic esters (lactones) is 1. The molecule has 0 spiro atoms. The van der Waals surface area contributed by atoms with Crippen molar-refractivity contribution >= 4 is 103 Å². The summed E-state index contributed by atoms with van der Waals surface area (Å²) in [4.78, 5) is 155. The molecule has 112 heavy (non-hydrogen) atoms. The Morgan fingerprint density at radius 1 is 0.714 bits per heavy atom. The minimum Gasteiger partial charge on any atom is -0.481 e. The predicted molar refractivity (Wildman–Crippen MR) is 413 cm³/mol. The molecule has 33 nitrogen and oxygen atoms in total. The molecule has 6 aromatic rings. The molecule has 1 fully saturated rings. The maximum absolute atomic E-state index is 14.6. The number of hydrogen-bond acceptors (Lipinski definition) is 20. The van der Waals surface area contributed by atoms with E-state index >= 15 is 0 Å². The average molecular weight is 1570 g/mol. The first kappa shape index (κ1) is 84.9. The Balaban J connectivity index is 0.691. The summed E-state index contributed by atoms with van der Waals surface area (Å²) in [5.74, 6) is -6.56. The van der Waals surface area contributed by atoms with Crippen LogP contribution < -0.4 is 52.8 Å². The van der Waals surface area contributed by atoms with Gasteiger partial charge in [-0.1, -0.05) is 71.0 Å². The monoisotopic (exact) mass is 1570 g/mol. The van der Waals surface area contributed by atoms with Crippen LogP contribution in [0.3, 0.4) is 0 Å². The van der Waals surface area contributed by atoms with Gasteiger partial charge in [0.1, 0.15) is 24.7 Å². The van der Waals surface area contributed by atoms with Crippen molar-refractivity contribution in [1.82, 2.24) is 41.0 Å². The number of hydrogen-bond donors (Lipinski definition) is 10. The molecule has 9 rings (SSSR count). The largest absolute Gasteiger partial charge is 0.481 e. The summed E-state index contributed by atoms with van der Waals surface area (Å²) in [5.41, 5.74) is 2.79. The predicted octanol–water partition coefficient (Wildman–Crippen LogP) is 6.77. The summed E-state index contributed by atoms with van der Waals surface area (Å²) in [6.07, 6.45) is 0.990. The third kappa shape index (κ3) is 22.6. The number of aromatic nitrogens is 2. The van der Waals surface area contributed by atoms with Crippen molar-refractivity contribution in [3.63, 3.8) is 0 Å². The Morgan fingerprint density at radius 2 is 1.38 bits per heavy atom. The molecule has 1 saturated heterocycles. The zero-order valence-corrected chi connectivity index (χ0v) is 65.0. The van der Waals surface area contributed by atoms with Crippen molar-refractivity contribution in [2.24, 2.45) is 5.92 Å². The zero-order valence-electron chi connectivity index (χ0n) is 64.2. The third-order valence-electron chi connectivity index (χ3n) is 18.9. The minimum absolute atomic E-state index is 0.0614. The normalized spacial score (nSPS) is 15.8. The number of rotatable bonds is 39. The quantitative estimate of drug-likeness (QED) is 0.00822. The number of carboxylic acids is 1. The Kier molecular flexibility index (Phi) is 29.7. The summed E-state index contributed by atoms with van der Waals surface area (Å²) in [6.45, 7) is 10.8. The number of likely N-dealkylation sites (tertiary alicyclic amines) is 1. The van der Waals surface area contributed by atoms with E-state index < -0.39 is 124 Å². The number of amides is 9. The molecule has 2 aromatic heterocycles. The second-order valence-corrected chi connectivity index (χ2v) is 30.2. The number of benzene rings is 4. The fourth-order valence-corrected chi connectivity index (χ4v) is 14.4. The molecule has 5 atom stereocenters. The van der Waals surface area contributed by atoms with Gasteiger partial charge in [-0.15, -0.1) is 0 Å². The summed E-state index contributed by atoms with van der Waals surface area (Å²) in [6, 6.07) is 20.1. The fraction of sp³-hybridized carbons (Fsp3) is 0.462. The van der Waals surface area contributed by atoms with Gasteiger partial charge < -0.3 is 90.0 Å². The number of aliphatic carboxylic acids is 1. The molecule has 3 aliphatic rings. The van der Waals surface area contributed by atoms with Gasteiger partial charge in [0, 0.05) is 71.7 Å². The first-order valence-corrected chi connectivity index (χ1v) is 38.9. The van der Waals surface area contributed by atoms with Crippen LogP contribution in [0.5, 0.6) is 0 Å². The van der Waals surface area contributed by atoms with Crippen LogP contribution in [-0.4, -0.2) is 204 Å². The molecule has 10 N–H and O–H groups in total. The standard InChI is InChI=1S/C78H99N13O20S/c1-9-30-79-75(101)83-52-19-15-21-54(42-52)112(104,105)88-53-20-14-18-49(41-53)61(44-66(93)94)86-77(103)82-51-27-25-50(26-28-51)81-76(102)80-31-36-107-38-40-108-39-37-106-35-29-65(92)84-62(45-67(95)109-34-17-33-91(6,7)8)72(98)89-32-16-24-63(89)70(96)87-68(48(4)5)73(99)111-78(11-3)59-43-64-69-57(46-90(64)71(97)58(59)47-110-74(78)100)55(10-2)56-22-12-13-23-60(56)85-69/h12-15,18-23,25-28,41-43,48,61-63,68,88H,9-11,16-17,24,29-40,44-47H2,1-8H3,(H8-,79,80,81,82,83,84,85,86,87,92,93,94,96,97,101,102,103)/p+1/t61-,62+,63+,68+,78+/m1/s1. The number of esters is 3. The SMILES string of the molecule is CCCNC(=O)Nc1cccc(S(=O)(=O)Nc2cccc([C@@H](CC(=O)O)NC(=O)Nc3ccc(NC(=O)NCCOCCOCCOCCC(=O)N[C@@H](CC(=O)OCCC[N+](C)(C)C)C(=O)N4CCC[C@H]4C(=O)N[C@H](C(=O)O[C@]4(CC)C(=O)OCc5c4cc4n(c5=O)Cc5c-4nc4ccccc4c5CC)C(C)C)cc3)c2)c1. The number of carbonyl (C=O) groups excluding carboxylic acids is 9. The Labute approximate surface area is 648 Å². The lowest BCUT2D eigenvalue weighted by atomic mass is 9.85. The van der Waals surface area contributed by atoms with Gasteiger partial charge in [-0.2, -0.15) is 0 Å². The van der Waals surface area contributed by atoms with Crippen LogP contribution in [0.15, 0.2) is 113 Å². The van der Waals surface area contributed by atoms with Crippen LogP contribution >= 0.6 is 0 Å². The molecule has 0 aliphatic carbocycles. The number of para-hydroxylation sites is 1. The first-order valence-electron chi connectivity index (χ1n) is 37.4. The van der Waals surface area contributed by atoms with E-state index in [1.54, 1.807) is 31.4 Å². The first-order chi connectivity index (χ1) is 53.5. The molecule has 0 saturated carbocycles. The van der Waals surface area contributed by atoms with Gasteiger partial charge >= 0.3 is 42.0 Å². The average Bonchev–Trinajstić information content (AvgIpc) is 1.52. The number of fused-ring (bicyclic) bond motifs is 5. The van der Waals surface area contributed by atoms with Gasteiger partial charge in [-0.3, -0.25) is 33.5 Å². The van der Waals surface area contributed by atoms with Gasteiger partial charge in [0.05, 0.1) is 127 Å². The number of nitrogens with zero attached hydrogens (tertiary/aromatic N) is 4. The van der Waals surface area contributed by atoms with Crippen LogP contribution in [0, 0.1) is 5.92 Å². The topological polar surface area (TPSA) is 427 Å². The zero-order chi connectivity index (χ0) is 80.9. The second kappa shape index (κ2) is 39.2. The minimum atomic E-state index is -4.19. The lowest BCUT2D eigenvalue weighted by molar-refractivity contribution is -0.870. The van der Waals surface area contributed by atoms with Crippen LogP contribution in [0.25, 0.3) is 22.3 Å². The molecule has 5 heterocycles. The molecule has 0 unspecified atom stereocenters. The van der Waals surface area contributed by atoms with E-state index in [2.05, 4.69) is 47.3 Å². The van der Waals surface area contributed by atoms with Crippen LogP contribution in [-0.2, 0) is 97.2 Å². The van der Waals surface area contributed by atoms with Crippen molar-refractivity contribution in [2.75, 3.05) is 114 Å². The molecule has 3 aliphatic heterocycles. The number of ether oxygens (including phenoxy) is 6. The fourth-order valence-electron chi connectivity index (χ4n) is 13.3. The van der Waals surface area contributed by atoms with Gasteiger partial charge in [0.25, 0.3) is 15.6 Å². The van der Waals surface area contributed by atoms with Crippen molar-refractivity contribution in [1.29, 1.82) is 0 Å².